The summed E-state index contributed by atoms with van der Waals surface area (Å²) in [6.45, 7) is 5.63. The van der Waals surface area contributed by atoms with Gasteiger partial charge in [0.1, 0.15) is 36.8 Å². The first-order chi connectivity index (χ1) is 25.4. The minimum atomic E-state index is -1.28. The van der Waals surface area contributed by atoms with Crippen molar-refractivity contribution in [2.24, 2.45) is 11.5 Å². The maximum atomic E-state index is 14.2. The normalized spacial score (nSPS) is 17.2. The van der Waals surface area contributed by atoms with Crippen molar-refractivity contribution in [1.29, 1.82) is 0 Å². The lowest BCUT2D eigenvalue weighted by atomic mass is 9.93. The molecule has 8 N–H and O–H groups in total. The van der Waals surface area contributed by atoms with E-state index in [4.69, 9.17) is 25.5 Å². The van der Waals surface area contributed by atoms with E-state index in [0.717, 1.165) is 11.1 Å². The summed E-state index contributed by atoms with van der Waals surface area (Å²) in [4.78, 5) is 70.1. The first-order valence-electron chi connectivity index (χ1n) is 17.1. The zero-order chi connectivity index (χ0) is 38.2. The molecule has 0 unspecified atom stereocenters. The highest BCUT2D eigenvalue weighted by molar-refractivity contribution is 5.98. The Balaban J connectivity index is 1.60. The van der Waals surface area contributed by atoms with E-state index in [2.05, 4.69) is 26.1 Å². The molecule has 0 saturated heterocycles. The number of nitrogens with zero attached hydrogens (tertiary/aromatic N) is 2. The summed E-state index contributed by atoms with van der Waals surface area (Å²) in [5.74, 6) is -2.15. The second-order valence-corrected chi connectivity index (χ2v) is 12.7. The maximum Gasteiger partial charge on any atom is 0.438 e. The van der Waals surface area contributed by atoms with Crippen LogP contribution in [0.3, 0.4) is 0 Å². The fourth-order valence-corrected chi connectivity index (χ4v) is 6.07. The number of nitrogens with two attached hydrogens (primary N) is 2. The van der Waals surface area contributed by atoms with Crippen LogP contribution in [0.25, 0.3) is 11.1 Å². The lowest BCUT2D eigenvalue weighted by Gasteiger charge is -2.30. The van der Waals surface area contributed by atoms with Crippen molar-refractivity contribution >= 4 is 23.6 Å². The van der Waals surface area contributed by atoms with Crippen molar-refractivity contribution in [3.63, 3.8) is 0 Å². The molecule has 0 saturated carbocycles. The molecule has 1 aromatic heterocycles. The Hall–Kier alpha value is -6.00. The third kappa shape index (κ3) is 9.09. The fraction of sp³-hybridized carbons (Fsp3) is 0.351. The lowest BCUT2D eigenvalue weighted by molar-refractivity contribution is -0.139. The monoisotopic (exact) mass is 728 g/mol. The van der Waals surface area contributed by atoms with Crippen LogP contribution in [-0.4, -0.2) is 84.6 Å². The predicted octanol–water partition coefficient (Wildman–Crippen LogP) is 1.17. The number of benzene rings is 3. The van der Waals surface area contributed by atoms with Gasteiger partial charge < -0.3 is 41.8 Å². The number of carbonyl (C=O) groups is 4. The largest absolute Gasteiger partial charge is 0.492 e. The molecule has 4 amide bonds. The zero-order valence-electron chi connectivity index (χ0n) is 30.0. The van der Waals surface area contributed by atoms with Crippen molar-refractivity contribution in [3.05, 3.63) is 98.8 Å². The predicted molar refractivity (Wildman–Crippen MR) is 194 cm³/mol. The zero-order valence-corrected chi connectivity index (χ0v) is 30.0. The van der Waals surface area contributed by atoms with Gasteiger partial charge in [0.2, 0.25) is 17.7 Å². The third-order valence-corrected chi connectivity index (χ3v) is 8.76. The van der Waals surface area contributed by atoms with Crippen LogP contribution < -0.4 is 42.6 Å². The van der Waals surface area contributed by atoms with Gasteiger partial charge in [0, 0.05) is 43.2 Å². The molecule has 16 nitrogen and oxygen atoms in total. The Morgan fingerprint density at radius 3 is 2.25 bits per heavy atom. The number of aryl methyl sites for hydroxylation is 2. The van der Waals surface area contributed by atoms with Crippen LogP contribution in [0.5, 0.6) is 11.5 Å². The molecule has 280 valence electrons. The van der Waals surface area contributed by atoms with E-state index < -0.39 is 54.1 Å². The molecule has 4 aromatic rings. The summed E-state index contributed by atoms with van der Waals surface area (Å²) >= 11 is 0. The molecule has 16 heteroatoms. The topological polar surface area (TPSA) is 237 Å². The van der Waals surface area contributed by atoms with Crippen LogP contribution in [-0.2, 0) is 20.8 Å². The molecule has 3 atom stereocenters. The number of likely N-dealkylation sites (N-methyl/N-ethyl adjacent to an activating group) is 1. The molecular formula is C37H44N8O8. The van der Waals surface area contributed by atoms with Gasteiger partial charge in [-0.25, -0.2) is 4.79 Å². The summed E-state index contributed by atoms with van der Waals surface area (Å²) in [7, 11) is 1.44. The first-order valence-corrected chi connectivity index (χ1v) is 17.1. The minimum absolute atomic E-state index is 0.0685. The molecular weight excluding hydrogens is 684 g/mol. The molecule has 0 fully saturated rings. The average Bonchev–Trinajstić information content (AvgIpc) is 3.57. The van der Waals surface area contributed by atoms with E-state index in [9.17, 15) is 24.0 Å². The van der Waals surface area contributed by atoms with Crippen molar-refractivity contribution in [2.45, 2.75) is 45.3 Å². The number of aromatic amines is 1. The van der Waals surface area contributed by atoms with E-state index in [1.165, 1.54) is 18.9 Å². The second-order valence-electron chi connectivity index (χ2n) is 12.7. The van der Waals surface area contributed by atoms with Crippen LogP contribution in [0.1, 0.15) is 57.4 Å². The molecule has 4 bridgehead atoms. The van der Waals surface area contributed by atoms with Gasteiger partial charge in [-0.1, -0.05) is 35.0 Å². The molecule has 53 heavy (non-hydrogen) atoms. The molecule has 5 rings (SSSR count). The van der Waals surface area contributed by atoms with Gasteiger partial charge >= 0.3 is 5.76 Å². The summed E-state index contributed by atoms with van der Waals surface area (Å²) < 4.78 is 16.8. The van der Waals surface area contributed by atoms with E-state index in [1.807, 2.05) is 19.1 Å². The van der Waals surface area contributed by atoms with E-state index in [-0.39, 0.29) is 38.5 Å². The van der Waals surface area contributed by atoms with Crippen LogP contribution in [0, 0.1) is 13.8 Å². The third-order valence-electron chi connectivity index (χ3n) is 8.76. The van der Waals surface area contributed by atoms with Crippen LogP contribution >= 0.6 is 0 Å². The highest BCUT2D eigenvalue weighted by atomic mass is 16.5. The molecule has 3 aromatic carbocycles. The maximum absolute atomic E-state index is 14.2. The van der Waals surface area contributed by atoms with Crippen LogP contribution in [0.2, 0.25) is 0 Å². The summed E-state index contributed by atoms with van der Waals surface area (Å²) in [6.07, 6.45) is 0.158. The average molecular weight is 729 g/mol. The molecule has 0 aliphatic carbocycles. The number of ether oxygens (including phenoxy) is 2. The van der Waals surface area contributed by atoms with Crippen molar-refractivity contribution in [1.82, 2.24) is 31.0 Å². The number of amides is 4. The lowest BCUT2D eigenvalue weighted by Crippen LogP contribution is -2.51. The summed E-state index contributed by atoms with van der Waals surface area (Å²) in [6, 6.07) is 12.5. The van der Waals surface area contributed by atoms with Gasteiger partial charge in [-0.3, -0.25) is 28.7 Å². The fourth-order valence-electron chi connectivity index (χ4n) is 6.07. The SMILES string of the molecule is Cc1ccc(C(=O)NCC(=O)N(C)[C@@H]2C(=O)N[C@@H](C)C(=O)N[C@H](c3noc(=O)[nH]3)Cc3ccc(OCCN)c(c3)-c3cc2ccc3OCCN)c(C)c1. The number of fused-ring (bicyclic) bond motifs is 5. The Bertz CT molecular complexity index is 2040. The van der Waals surface area contributed by atoms with Gasteiger partial charge in [-0.05, 0) is 67.8 Å². The van der Waals surface area contributed by atoms with Crippen LogP contribution in [0.15, 0.2) is 63.9 Å². The molecule has 2 heterocycles. The van der Waals surface area contributed by atoms with E-state index >= 15 is 0 Å². The minimum Gasteiger partial charge on any atom is -0.492 e. The van der Waals surface area contributed by atoms with Gasteiger partial charge in [0.15, 0.2) is 5.82 Å². The summed E-state index contributed by atoms with van der Waals surface area (Å²) in [5.41, 5.74) is 15.9. The number of hydrogen-bond donors (Lipinski definition) is 6. The smallest absolute Gasteiger partial charge is 0.438 e. The van der Waals surface area contributed by atoms with Gasteiger partial charge in [0.05, 0.1) is 12.6 Å². The van der Waals surface area contributed by atoms with Gasteiger partial charge in [-0.2, -0.15) is 0 Å². The highest BCUT2D eigenvalue weighted by Crippen LogP contribution is 2.40. The van der Waals surface area contributed by atoms with E-state index in [0.29, 0.717) is 39.3 Å². The quantitative estimate of drug-likeness (QED) is 0.128. The Labute approximate surface area is 305 Å². The Morgan fingerprint density at radius 1 is 0.925 bits per heavy atom. The highest BCUT2D eigenvalue weighted by Gasteiger charge is 2.33. The van der Waals surface area contributed by atoms with Crippen molar-refractivity contribution < 1.29 is 33.2 Å². The molecule has 1 aliphatic heterocycles. The molecule has 0 spiro atoms. The number of carbonyl (C=O) groups excluding carboxylic acids is 4. The van der Waals surface area contributed by atoms with E-state index in [1.54, 1.807) is 49.4 Å². The number of H-pyrrole nitrogens is 1. The summed E-state index contributed by atoms with van der Waals surface area (Å²) in [5, 5.41) is 12.0. The number of rotatable bonds is 11. The number of hydrogen-bond acceptors (Lipinski definition) is 11. The molecule has 1 aliphatic rings. The number of nitrogens with one attached hydrogen (secondary N) is 4. The number of aromatic nitrogens is 2. The Morgan fingerprint density at radius 2 is 1.60 bits per heavy atom. The Kier molecular flexibility index (Phi) is 12.3. The van der Waals surface area contributed by atoms with Crippen molar-refractivity contribution in [3.8, 4) is 22.6 Å². The van der Waals surface area contributed by atoms with Crippen LogP contribution in [0.4, 0.5) is 0 Å². The first kappa shape index (κ1) is 38.2. The standard InChI is InChI=1S/C37H44N8O8/c1-20-5-8-25(21(2)15-20)35(48)40-19-31(46)45(4)32-24-7-10-30(52-14-12-39)27(18-24)26-16-23(6-9-29(26)51-13-11-38)17-28(33-43-37(50)53-44-33)42-34(47)22(3)41-36(32)49/h5-10,15-16,18,22,28,32H,11-14,17,19,38-39H2,1-4H3,(H,40,48)(H,41,49)(H,42,47)(H,43,44,50)/t22-,28-,32-/m0/s1. The van der Waals surface area contributed by atoms with Gasteiger partial charge in [0.25, 0.3) is 5.91 Å². The van der Waals surface area contributed by atoms with Gasteiger partial charge in [-0.15, -0.1) is 0 Å². The van der Waals surface area contributed by atoms with Crippen molar-refractivity contribution in [2.75, 3.05) is 39.9 Å². The molecule has 0 radical (unpaired) electrons. The second kappa shape index (κ2) is 17.0.